The van der Waals surface area contributed by atoms with Gasteiger partial charge in [-0.25, -0.2) is 0 Å². The summed E-state index contributed by atoms with van der Waals surface area (Å²) in [6.07, 6.45) is 0. The Bertz CT molecular complexity index is 683. The number of nitrogens with two attached hydrogens (primary N) is 1. The van der Waals surface area contributed by atoms with Gasteiger partial charge >= 0.3 is 0 Å². The van der Waals surface area contributed by atoms with E-state index >= 15 is 0 Å². The molecule has 0 unspecified atom stereocenters. The van der Waals surface area contributed by atoms with Gasteiger partial charge in [-0.1, -0.05) is 16.5 Å². The van der Waals surface area contributed by atoms with Crippen LogP contribution in [0.25, 0.3) is 0 Å². The minimum Gasteiger partial charge on any atom is -0.409 e. The van der Waals surface area contributed by atoms with E-state index in [1.165, 1.54) is 23.1 Å². The molecular weight excluding hydrogens is 310 g/mol. The molecule has 10 heteroatoms. The van der Waals surface area contributed by atoms with Crippen molar-refractivity contribution < 1.29 is 5.21 Å². The summed E-state index contributed by atoms with van der Waals surface area (Å²) in [5.41, 5.74) is 7.86. The molecule has 112 valence electrons. The summed E-state index contributed by atoms with van der Waals surface area (Å²) >= 11 is 2.72. The number of hydrogen-bond donors (Lipinski definition) is 2. The van der Waals surface area contributed by atoms with Gasteiger partial charge in [-0.15, -0.1) is 15.3 Å². The van der Waals surface area contributed by atoms with Crippen molar-refractivity contribution in [1.29, 1.82) is 0 Å². The van der Waals surface area contributed by atoms with Gasteiger partial charge in [-0.05, 0) is 31.2 Å². The Morgan fingerprint density at radius 3 is 2.52 bits per heavy atom. The van der Waals surface area contributed by atoms with Gasteiger partial charge in [-0.2, -0.15) is 5.10 Å². The van der Waals surface area contributed by atoms with Crippen LogP contribution in [0.15, 0.2) is 14.5 Å². The lowest BCUT2D eigenvalue weighted by molar-refractivity contribution is 0.318. The van der Waals surface area contributed by atoms with E-state index in [0.29, 0.717) is 14.9 Å². The summed E-state index contributed by atoms with van der Waals surface area (Å²) < 4.78 is 0.711. The monoisotopic (exact) mass is 325 g/mol. The highest BCUT2D eigenvalue weighted by atomic mass is 32.2. The fraction of sp³-hybridized carbons (Fsp3) is 0.364. The molecule has 0 bridgehead atoms. The van der Waals surface area contributed by atoms with Gasteiger partial charge in [0.15, 0.2) is 10.2 Å². The molecule has 0 spiro atoms. The first-order chi connectivity index (χ1) is 9.93. The highest BCUT2D eigenvalue weighted by molar-refractivity contribution is 8.01. The van der Waals surface area contributed by atoms with E-state index in [2.05, 4.69) is 25.6 Å². The summed E-state index contributed by atoms with van der Waals surface area (Å²) in [6, 6.07) is 0. The van der Waals surface area contributed by atoms with Crippen molar-refractivity contribution in [2.24, 2.45) is 10.9 Å². The number of hydrogen-bond acceptors (Lipinski definition) is 9. The topological polar surface area (TPSA) is 113 Å². The summed E-state index contributed by atoms with van der Waals surface area (Å²) in [7, 11) is 3.79. The highest BCUT2D eigenvalue weighted by Crippen LogP contribution is 2.34. The zero-order valence-corrected chi connectivity index (χ0v) is 13.7. The SMILES string of the molecule is Cc1nnc(Sc2nnc(N(C)C)s2)c(C(N)=NO)c1C. The average molecular weight is 325 g/mol. The first-order valence-electron chi connectivity index (χ1n) is 5.94. The lowest BCUT2D eigenvalue weighted by Crippen LogP contribution is -2.18. The predicted molar refractivity (Wildman–Crippen MR) is 82.4 cm³/mol. The molecule has 0 aliphatic rings. The third-order valence-corrected chi connectivity index (χ3v) is 4.87. The zero-order valence-electron chi connectivity index (χ0n) is 12.0. The smallest absolute Gasteiger partial charge is 0.208 e. The Balaban J connectivity index is 2.41. The predicted octanol–water partition coefficient (Wildman–Crippen LogP) is 1.26. The Kier molecular flexibility index (Phi) is 4.58. The van der Waals surface area contributed by atoms with Crippen LogP contribution in [0.3, 0.4) is 0 Å². The van der Waals surface area contributed by atoms with E-state index in [1.807, 2.05) is 32.8 Å². The van der Waals surface area contributed by atoms with E-state index in [9.17, 15) is 0 Å². The molecule has 0 aromatic carbocycles. The quantitative estimate of drug-likeness (QED) is 0.374. The second-order valence-corrected chi connectivity index (χ2v) is 6.61. The first-order valence-corrected chi connectivity index (χ1v) is 7.57. The Hall–Kier alpha value is -1.94. The second-order valence-electron chi connectivity index (χ2n) is 4.42. The van der Waals surface area contributed by atoms with Crippen molar-refractivity contribution in [2.75, 3.05) is 19.0 Å². The molecule has 2 heterocycles. The standard InChI is InChI=1S/C11H15N7OS2/c1-5-6(2)13-14-9(7(5)8(12)17-19)20-11-16-15-10(21-11)18(3)4/h19H,1-4H3,(H2,12,17). The van der Waals surface area contributed by atoms with Gasteiger partial charge < -0.3 is 15.8 Å². The van der Waals surface area contributed by atoms with Gasteiger partial charge in [0.2, 0.25) is 5.13 Å². The summed E-state index contributed by atoms with van der Waals surface area (Å²) in [5, 5.41) is 29.7. The molecule has 0 atom stereocenters. The van der Waals surface area contributed by atoms with E-state index in [-0.39, 0.29) is 5.84 Å². The van der Waals surface area contributed by atoms with Crippen molar-refractivity contribution >= 4 is 34.1 Å². The minimum absolute atomic E-state index is 0.00495. The lowest BCUT2D eigenvalue weighted by atomic mass is 10.1. The van der Waals surface area contributed by atoms with Gasteiger partial charge in [0.25, 0.3) is 0 Å². The fourth-order valence-electron chi connectivity index (χ4n) is 1.52. The van der Waals surface area contributed by atoms with Gasteiger partial charge in [-0.3, -0.25) is 0 Å². The molecule has 3 N–H and O–H groups in total. The molecule has 0 radical (unpaired) electrons. The summed E-state index contributed by atoms with van der Waals surface area (Å²) in [4.78, 5) is 1.87. The maximum Gasteiger partial charge on any atom is 0.208 e. The van der Waals surface area contributed by atoms with Crippen LogP contribution in [0, 0.1) is 13.8 Å². The molecule has 2 aromatic rings. The number of aryl methyl sites for hydroxylation is 1. The second kappa shape index (κ2) is 6.22. The first kappa shape index (κ1) is 15.4. The van der Waals surface area contributed by atoms with Crippen LogP contribution in [0.1, 0.15) is 16.8 Å². The Morgan fingerprint density at radius 1 is 1.24 bits per heavy atom. The normalized spacial score (nSPS) is 11.7. The number of amidine groups is 1. The van der Waals surface area contributed by atoms with Gasteiger partial charge in [0.05, 0.1) is 11.3 Å². The van der Waals surface area contributed by atoms with Gasteiger partial charge in [0.1, 0.15) is 5.03 Å². The van der Waals surface area contributed by atoms with Crippen molar-refractivity contribution in [3.8, 4) is 0 Å². The summed E-state index contributed by atoms with van der Waals surface area (Å²) in [6.45, 7) is 3.67. The number of rotatable bonds is 4. The Labute approximate surface area is 130 Å². The highest BCUT2D eigenvalue weighted by Gasteiger charge is 2.18. The average Bonchev–Trinajstić information content (AvgIpc) is 2.91. The molecule has 0 saturated heterocycles. The molecule has 0 aliphatic heterocycles. The van der Waals surface area contributed by atoms with Crippen molar-refractivity contribution in [1.82, 2.24) is 20.4 Å². The molecule has 8 nitrogen and oxygen atoms in total. The molecule has 0 fully saturated rings. The third kappa shape index (κ3) is 3.22. The largest absolute Gasteiger partial charge is 0.409 e. The summed E-state index contributed by atoms with van der Waals surface area (Å²) in [5.74, 6) is 0.00495. The molecule has 21 heavy (non-hydrogen) atoms. The van der Waals surface area contributed by atoms with Crippen molar-refractivity contribution in [2.45, 2.75) is 23.2 Å². The van der Waals surface area contributed by atoms with E-state index in [0.717, 1.165) is 16.4 Å². The maximum absolute atomic E-state index is 8.94. The van der Waals surface area contributed by atoms with Crippen LogP contribution >= 0.6 is 23.1 Å². The van der Waals surface area contributed by atoms with Gasteiger partial charge in [0, 0.05) is 14.1 Å². The van der Waals surface area contributed by atoms with E-state index in [4.69, 9.17) is 10.9 Å². The molecular formula is C11H15N7OS2. The number of aromatic nitrogens is 4. The molecule has 2 aromatic heterocycles. The van der Waals surface area contributed by atoms with E-state index < -0.39 is 0 Å². The maximum atomic E-state index is 8.94. The van der Waals surface area contributed by atoms with Crippen LogP contribution < -0.4 is 10.6 Å². The third-order valence-electron chi connectivity index (χ3n) is 2.75. The molecule has 0 saturated carbocycles. The van der Waals surface area contributed by atoms with Crippen molar-refractivity contribution in [3.63, 3.8) is 0 Å². The van der Waals surface area contributed by atoms with Crippen LogP contribution in [0.4, 0.5) is 5.13 Å². The zero-order chi connectivity index (χ0) is 15.6. The van der Waals surface area contributed by atoms with Crippen LogP contribution in [-0.2, 0) is 0 Å². The molecule has 2 rings (SSSR count). The van der Waals surface area contributed by atoms with Crippen LogP contribution in [0.5, 0.6) is 0 Å². The Morgan fingerprint density at radius 2 is 1.95 bits per heavy atom. The van der Waals surface area contributed by atoms with Crippen LogP contribution in [0.2, 0.25) is 0 Å². The molecule has 0 amide bonds. The van der Waals surface area contributed by atoms with Crippen molar-refractivity contribution in [3.05, 3.63) is 16.8 Å². The molecule has 0 aliphatic carbocycles. The van der Waals surface area contributed by atoms with E-state index in [1.54, 1.807) is 0 Å². The lowest BCUT2D eigenvalue weighted by Gasteiger charge is -2.09. The number of anilines is 1. The minimum atomic E-state index is 0.00495. The van der Waals surface area contributed by atoms with Crippen LogP contribution in [-0.4, -0.2) is 45.5 Å². The number of nitrogens with zero attached hydrogens (tertiary/aromatic N) is 6. The fourth-order valence-corrected chi connectivity index (χ4v) is 3.33. The number of oxime groups is 1.